The highest BCUT2D eigenvalue weighted by molar-refractivity contribution is 5.52. The quantitative estimate of drug-likeness (QED) is 0.877. The number of hydrogen-bond acceptors (Lipinski definition) is 5. The van der Waals surface area contributed by atoms with Crippen molar-refractivity contribution in [3.63, 3.8) is 0 Å². The van der Waals surface area contributed by atoms with Crippen LogP contribution in [0.4, 0.5) is 0 Å². The van der Waals surface area contributed by atoms with Crippen LogP contribution in [0.1, 0.15) is 37.5 Å². The van der Waals surface area contributed by atoms with Crippen molar-refractivity contribution in [2.24, 2.45) is 0 Å². The van der Waals surface area contributed by atoms with E-state index in [9.17, 15) is 5.11 Å². The lowest BCUT2D eigenvalue weighted by atomic mass is 9.86. The van der Waals surface area contributed by atoms with Gasteiger partial charge in [0.05, 0.1) is 12.0 Å². The van der Waals surface area contributed by atoms with Crippen LogP contribution in [0.25, 0.3) is 11.4 Å². The fourth-order valence-electron chi connectivity index (χ4n) is 2.40. The molecule has 2 aromatic rings. The Morgan fingerprint density at radius 3 is 2.72 bits per heavy atom. The summed E-state index contributed by atoms with van der Waals surface area (Å²) in [6.45, 7) is 0. The summed E-state index contributed by atoms with van der Waals surface area (Å²) in [5.74, 6) is 1.10. The van der Waals surface area contributed by atoms with Gasteiger partial charge in [0.2, 0.25) is 11.7 Å². The van der Waals surface area contributed by atoms with Gasteiger partial charge in [-0.05, 0) is 25.0 Å². The minimum Gasteiger partial charge on any atom is -0.392 e. The Kier molecular flexibility index (Phi) is 3.06. The van der Waals surface area contributed by atoms with Gasteiger partial charge in [-0.2, -0.15) is 4.98 Å². The van der Waals surface area contributed by atoms with Crippen molar-refractivity contribution in [2.45, 2.75) is 37.7 Å². The third kappa shape index (κ3) is 2.13. The first-order chi connectivity index (χ1) is 8.84. The predicted molar refractivity (Wildman–Crippen MR) is 64.7 cm³/mol. The molecule has 5 nitrogen and oxygen atoms in total. The van der Waals surface area contributed by atoms with Crippen LogP contribution in [0.5, 0.6) is 0 Å². The summed E-state index contributed by atoms with van der Waals surface area (Å²) in [5, 5.41) is 13.9. The number of aliphatic hydroxyl groups is 1. The van der Waals surface area contributed by atoms with Crippen LogP contribution in [0, 0.1) is 0 Å². The maximum absolute atomic E-state index is 9.96. The molecule has 18 heavy (non-hydrogen) atoms. The third-order valence-electron chi connectivity index (χ3n) is 3.43. The van der Waals surface area contributed by atoms with Gasteiger partial charge in [0, 0.05) is 18.0 Å². The van der Waals surface area contributed by atoms with Gasteiger partial charge in [0.15, 0.2) is 0 Å². The van der Waals surface area contributed by atoms with E-state index in [1.807, 2.05) is 12.1 Å². The van der Waals surface area contributed by atoms with Crippen LogP contribution in [0.2, 0.25) is 0 Å². The molecule has 1 fully saturated rings. The van der Waals surface area contributed by atoms with Crippen molar-refractivity contribution in [1.29, 1.82) is 0 Å². The molecule has 94 valence electrons. The Morgan fingerprint density at radius 2 is 1.94 bits per heavy atom. The zero-order valence-corrected chi connectivity index (χ0v) is 9.99. The van der Waals surface area contributed by atoms with Gasteiger partial charge in [-0.1, -0.05) is 18.0 Å². The number of hydrogen-bond donors (Lipinski definition) is 1. The molecule has 0 spiro atoms. The third-order valence-corrected chi connectivity index (χ3v) is 3.43. The maximum atomic E-state index is 9.96. The highest BCUT2D eigenvalue weighted by Gasteiger charge is 2.29. The number of nitrogens with zero attached hydrogens (tertiary/aromatic N) is 3. The van der Waals surface area contributed by atoms with Crippen molar-refractivity contribution in [2.75, 3.05) is 0 Å². The molecule has 0 radical (unpaired) electrons. The summed E-state index contributed by atoms with van der Waals surface area (Å²) in [6.07, 6.45) is 6.94. The van der Waals surface area contributed by atoms with Crippen molar-refractivity contribution >= 4 is 0 Å². The van der Waals surface area contributed by atoms with Crippen molar-refractivity contribution in [3.05, 3.63) is 30.4 Å². The number of pyridine rings is 1. The van der Waals surface area contributed by atoms with Crippen molar-refractivity contribution < 1.29 is 9.63 Å². The molecule has 2 aromatic heterocycles. The van der Waals surface area contributed by atoms with Gasteiger partial charge < -0.3 is 9.63 Å². The second kappa shape index (κ2) is 4.86. The van der Waals surface area contributed by atoms with Crippen LogP contribution in [-0.2, 0) is 0 Å². The number of rotatable bonds is 2. The van der Waals surface area contributed by atoms with Crippen LogP contribution < -0.4 is 0 Å². The molecule has 2 unspecified atom stereocenters. The van der Waals surface area contributed by atoms with E-state index in [-0.39, 0.29) is 12.0 Å². The molecule has 0 bridgehead atoms. The highest BCUT2D eigenvalue weighted by Crippen LogP contribution is 2.32. The summed E-state index contributed by atoms with van der Waals surface area (Å²) in [5.41, 5.74) is 0.880. The minimum atomic E-state index is -0.357. The molecule has 1 aliphatic carbocycles. The molecule has 5 heteroatoms. The molecular formula is C13H15N3O2. The Bertz CT molecular complexity index is 512. The molecule has 0 amide bonds. The Labute approximate surface area is 105 Å². The van der Waals surface area contributed by atoms with Crippen LogP contribution in [-0.4, -0.2) is 26.3 Å². The average Bonchev–Trinajstić information content (AvgIpc) is 2.90. The summed E-state index contributed by atoms with van der Waals surface area (Å²) in [4.78, 5) is 8.34. The van der Waals surface area contributed by atoms with Crippen LogP contribution >= 0.6 is 0 Å². The number of aromatic nitrogens is 3. The molecule has 0 saturated heterocycles. The van der Waals surface area contributed by atoms with Gasteiger partial charge in [-0.25, -0.2) is 0 Å². The van der Waals surface area contributed by atoms with Gasteiger partial charge in [-0.3, -0.25) is 4.98 Å². The molecule has 2 atom stereocenters. The monoisotopic (exact) mass is 245 g/mol. The molecule has 3 rings (SSSR count). The first-order valence-electron chi connectivity index (χ1n) is 6.26. The van der Waals surface area contributed by atoms with Gasteiger partial charge in [-0.15, -0.1) is 0 Å². The predicted octanol–water partition coefficient (Wildman–Crippen LogP) is 2.15. The Morgan fingerprint density at radius 1 is 1.17 bits per heavy atom. The average molecular weight is 245 g/mol. The topological polar surface area (TPSA) is 72.0 Å². The maximum Gasteiger partial charge on any atom is 0.232 e. The minimum absolute atomic E-state index is 0.0122. The van der Waals surface area contributed by atoms with Crippen molar-refractivity contribution in [3.8, 4) is 11.4 Å². The van der Waals surface area contributed by atoms with E-state index >= 15 is 0 Å². The second-order valence-electron chi connectivity index (χ2n) is 4.65. The molecule has 1 aliphatic rings. The zero-order chi connectivity index (χ0) is 12.4. The Balaban J connectivity index is 1.85. The van der Waals surface area contributed by atoms with E-state index in [1.54, 1.807) is 12.4 Å². The van der Waals surface area contributed by atoms with E-state index in [4.69, 9.17) is 4.52 Å². The first kappa shape index (κ1) is 11.3. The lowest BCUT2D eigenvalue weighted by molar-refractivity contribution is 0.0908. The molecular weight excluding hydrogens is 230 g/mol. The highest BCUT2D eigenvalue weighted by atomic mass is 16.5. The second-order valence-corrected chi connectivity index (χ2v) is 4.65. The molecule has 1 saturated carbocycles. The SMILES string of the molecule is OC1CCCCC1c1nc(-c2ccncc2)no1. The summed E-state index contributed by atoms with van der Waals surface area (Å²) in [6, 6.07) is 3.68. The largest absolute Gasteiger partial charge is 0.392 e. The summed E-state index contributed by atoms with van der Waals surface area (Å²) >= 11 is 0. The fourth-order valence-corrected chi connectivity index (χ4v) is 2.40. The Hall–Kier alpha value is -1.75. The summed E-state index contributed by atoms with van der Waals surface area (Å²) in [7, 11) is 0. The lowest BCUT2D eigenvalue weighted by Gasteiger charge is -2.24. The standard InChI is InChI=1S/C13H15N3O2/c17-11-4-2-1-3-10(11)13-15-12(16-18-13)9-5-7-14-8-6-9/h5-8,10-11,17H,1-4H2. The fraction of sp³-hybridized carbons (Fsp3) is 0.462. The van der Waals surface area contributed by atoms with Gasteiger partial charge in [0.1, 0.15) is 0 Å². The molecule has 0 aliphatic heterocycles. The normalized spacial score (nSPS) is 24.1. The smallest absolute Gasteiger partial charge is 0.232 e. The van der Waals surface area contributed by atoms with Gasteiger partial charge >= 0.3 is 0 Å². The summed E-state index contributed by atoms with van der Waals surface area (Å²) < 4.78 is 5.29. The van der Waals surface area contributed by atoms with E-state index < -0.39 is 0 Å². The van der Waals surface area contributed by atoms with Crippen LogP contribution in [0.15, 0.2) is 29.0 Å². The molecule has 0 aromatic carbocycles. The zero-order valence-electron chi connectivity index (χ0n) is 9.99. The first-order valence-corrected chi connectivity index (χ1v) is 6.26. The van der Waals surface area contributed by atoms with Crippen molar-refractivity contribution in [1.82, 2.24) is 15.1 Å². The van der Waals surface area contributed by atoms with E-state index in [2.05, 4.69) is 15.1 Å². The number of aliphatic hydroxyl groups excluding tert-OH is 1. The van der Waals surface area contributed by atoms with E-state index in [0.717, 1.165) is 31.2 Å². The molecule has 2 heterocycles. The van der Waals surface area contributed by atoms with Gasteiger partial charge in [0.25, 0.3) is 0 Å². The van der Waals surface area contributed by atoms with E-state index in [1.165, 1.54) is 0 Å². The van der Waals surface area contributed by atoms with Crippen LogP contribution in [0.3, 0.4) is 0 Å². The van der Waals surface area contributed by atoms with E-state index in [0.29, 0.717) is 11.7 Å². The molecule has 1 N–H and O–H groups in total. The lowest BCUT2D eigenvalue weighted by Crippen LogP contribution is -2.22.